The van der Waals surface area contributed by atoms with Crippen molar-refractivity contribution >= 4 is 29.5 Å². The van der Waals surface area contributed by atoms with Crippen LogP contribution < -0.4 is 10.6 Å². The lowest BCUT2D eigenvalue weighted by atomic mass is 9.96. The molecule has 3 N–H and O–H groups in total. The summed E-state index contributed by atoms with van der Waals surface area (Å²) in [5.41, 5.74) is 1.59. The van der Waals surface area contributed by atoms with Crippen molar-refractivity contribution in [3.63, 3.8) is 0 Å². The number of rotatable bonds is 8. The van der Waals surface area contributed by atoms with Gasteiger partial charge in [-0.1, -0.05) is 52.3 Å². The highest BCUT2D eigenvalue weighted by Crippen LogP contribution is 2.48. The van der Waals surface area contributed by atoms with Gasteiger partial charge in [0.2, 0.25) is 11.8 Å². The Balaban J connectivity index is 1.74. The van der Waals surface area contributed by atoms with E-state index in [1.807, 2.05) is 45.9 Å². The van der Waals surface area contributed by atoms with E-state index in [1.54, 1.807) is 22.7 Å². The number of carbonyl (C=O) groups is 3. The largest absolute Gasteiger partial charge is 0.394 e. The molecule has 0 spiro atoms. The van der Waals surface area contributed by atoms with Crippen molar-refractivity contribution in [1.82, 2.24) is 15.5 Å². The first-order valence-electron chi connectivity index (χ1n) is 10.5. The Morgan fingerprint density at radius 2 is 1.93 bits per heavy atom. The van der Waals surface area contributed by atoms with Gasteiger partial charge < -0.3 is 20.6 Å². The Kier molecular flexibility index (Phi) is 7.08. The molecule has 0 aromatic heterocycles. The van der Waals surface area contributed by atoms with Crippen LogP contribution in [0.2, 0.25) is 0 Å². The van der Waals surface area contributed by atoms with Gasteiger partial charge in [-0.15, -0.1) is 11.8 Å². The van der Waals surface area contributed by atoms with Crippen LogP contribution >= 0.6 is 11.8 Å². The molecule has 30 heavy (non-hydrogen) atoms. The molecule has 0 radical (unpaired) electrons. The van der Waals surface area contributed by atoms with Gasteiger partial charge in [-0.3, -0.25) is 14.4 Å². The van der Waals surface area contributed by atoms with E-state index in [0.717, 1.165) is 5.56 Å². The molecule has 1 fully saturated rings. The van der Waals surface area contributed by atoms with Crippen LogP contribution in [0, 0.1) is 11.8 Å². The van der Waals surface area contributed by atoms with Crippen LogP contribution in [-0.2, 0) is 9.59 Å². The standard InChI is InChI=1S/C22H31N3O4S/c1-5-13(4)18(20(28)23-16(10-26)12(2)3)24-19(27)17-11-30-22-15-9-7-6-8-14(15)21(29)25(17)22/h6-9,12-13,16-18,22,26H,5,10-11H2,1-4H3,(H,23,28)(H,24,27)/t13-,16-,17+,18+,22+/m1/s1. The lowest BCUT2D eigenvalue weighted by Crippen LogP contribution is -2.57. The van der Waals surface area contributed by atoms with Crippen LogP contribution in [0.25, 0.3) is 0 Å². The molecule has 2 heterocycles. The summed E-state index contributed by atoms with van der Waals surface area (Å²) in [5, 5.41) is 15.1. The molecule has 0 aliphatic carbocycles. The molecule has 1 saturated heterocycles. The first kappa shape index (κ1) is 22.6. The van der Waals surface area contributed by atoms with E-state index in [2.05, 4.69) is 10.6 Å². The van der Waals surface area contributed by atoms with Crippen LogP contribution in [0.4, 0.5) is 0 Å². The van der Waals surface area contributed by atoms with Gasteiger partial charge in [0, 0.05) is 11.3 Å². The molecule has 2 aliphatic heterocycles. The second-order valence-electron chi connectivity index (χ2n) is 8.41. The van der Waals surface area contributed by atoms with E-state index in [1.165, 1.54) is 0 Å². The van der Waals surface area contributed by atoms with Crippen molar-refractivity contribution < 1.29 is 19.5 Å². The molecule has 7 nitrogen and oxygen atoms in total. The topological polar surface area (TPSA) is 98.7 Å². The highest BCUT2D eigenvalue weighted by Gasteiger charge is 2.48. The van der Waals surface area contributed by atoms with Crippen molar-refractivity contribution in [3.05, 3.63) is 35.4 Å². The molecular formula is C22H31N3O4S. The maximum Gasteiger partial charge on any atom is 0.256 e. The van der Waals surface area contributed by atoms with Gasteiger partial charge in [-0.2, -0.15) is 0 Å². The summed E-state index contributed by atoms with van der Waals surface area (Å²) in [5.74, 6) is -0.265. The number of thioether (sulfide) groups is 1. The van der Waals surface area contributed by atoms with Gasteiger partial charge in [-0.05, 0) is 23.5 Å². The van der Waals surface area contributed by atoms with Crippen LogP contribution in [-0.4, -0.2) is 58.2 Å². The molecular weight excluding hydrogens is 402 g/mol. The highest BCUT2D eigenvalue weighted by molar-refractivity contribution is 7.99. The smallest absolute Gasteiger partial charge is 0.256 e. The van der Waals surface area contributed by atoms with E-state index in [0.29, 0.717) is 17.7 Å². The molecule has 8 heteroatoms. The van der Waals surface area contributed by atoms with Gasteiger partial charge in [0.1, 0.15) is 17.5 Å². The molecule has 0 saturated carbocycles. The Bertz CT molecular complexity index is 815. The van der Waals surface area contributed by atoms with Gasteiger partial charge in [0.15, 0.2) is 0 Å². The minimum atomic E-state index is -0.723. The number of aliphatic hydroxyl groups excluding tert-OH is 1. The van der Waals surface area contributed by atoms with Crippen molar-refractivity contribution in [2.24, 2.45) is 11.8 Å². The SMILES string of the molecule is CC[C@@H](C)[C@H](NC(=O)[C@@H]1CS[C@H]2c3ccccc3C(=O)N12)C(=O)N[C@H](CO)C(C)C. The fourth-order valence-electron chi connectivity index (χ4n) is 3.89. The quantitative estimate of drug-likeness (QED) is 0.582. The van der Waals surface area contributed by atoms with E-state index >= 15 is 0 Å². The van der Waals surface area contributed by atoms with E-state index in [-0.39, 0.29) is 47.6 Å². The number of aliphatic hydroxyl groups is 1. The third kappa shape index (κ3) is 4.21. The van der Waals surface area contributed by atoms with Crippen LogP contribution in [0.5, 0.6) is 0 Å². The summed E-state index contributed by atoms with van der Waals surface area (Å²) < 4.78 is 0. The minimum absolute atomic E-state index is 0.0694. The molecule has 1 aromatic carbocycles. The Morgan fingerprint density at radius 1 is 1.23 bits per heavy atom. The molecule has 0 bridgehead atoms. The number of nitrogens with one attached hydrogen (secondary N) is 2. The van der Waals surface area contributed by atoms with Crippen LogP contribution in [0.15, 0.2) is 24.3 Å². The second-order valence-corrected chi connectivity index (χ2v) is 9.53. The first-order valence-corrected chi connectivity index (χ1v) is 11.6. The zero-order valence-electron chi connectivity index (χ0n) is 17.9. The minimum Gasteiger partial charge on any atom is -0.394 e. The molecule has 3 rings (SSSR count). The summed E-state index contributed by atoms with van der Waals surface area (Å²) in [6.45, 7) is 7.56. The van der Waals surface area contributed by atoms with Crippen molar-refractivity contribution in [2.45, 2.75) is 57.6 Å². The average molecular weight is 434 g/mol. The van der Waals surface area contributed by atoms with Gasteiger partial charge in [0.25, 0.3) is 5.91 Å². The Labute approximate surface area is 182 Å². The number of hydrogen-bond donors (Lipinski definition) is 3. The predicted octanol–water partition coefficient (Wildman–Crippen LogP) is 1.92. The highest BCUT2D eigenvalue weighted by atomic mass is 32.2. The number of carbonyl (C=O) groups excluding carboxylic acids is 3. The maximum absolute atomic E-state index is 13.2. The third-order valence-corrected chi connectivity index (χ3v) is 7.42. The lowest BCUT2D eigenvalue weighted by molar-refractivity contribution is -0.132. The molecule has 5 atom stereocenters. The van der Waals surface area contributed by atoms with Crippen LogP contribution in [0.3, 0.4) is 0 Å². The van der Waals surface area contributed by atoms with Crippen molar-refractivity contribution in [1.29, 1.82) is 0 Å². The summed E-state index contributed by atoms with van der Waals surface area (Å²) in [6.07, 6.45) is 0.708. The molecule has 3 amide bonds. The third-order valence-electron chi connectivity index (χ3n) is 6.12. The van der Waals surface area contributed by atoms with Crippen molar-refractivity contribution in [3.8, 4) is 0 Å². The molecule has 0 unspecified atom stereocenters. The fraction of sp³-hybridized carbons (Fsp3) is 0.591. The zero-order valence-corrected chi connectivity index (χ0v) is 18.7. The molecule has 1 aromatic rings. The number of nitrogens with zero attached hydrogens (tertiary/aromatic N) is 1. The number of fused-ring (bicyclic) bond motifs is 3. The monoisotopic (exact) mass is 433 g/mol. The van der Waals surface area contributed by atoms with Crippen LogP contribution in [0.1, 0.15) is 55.4 Å². The normalized spacial score (nSPS) is 23.0. The van der Waals surface area contributed by atoms with Gasteiger partial charge >= 0.3 is 0 Å². The number of amides is 3. The Hall–Kier alpha value is -2.06. The summed E-state index contributed by atoms with van der Waals surface area (Å²) in [4.78, 5) is 40.6. The summed E-state index contributed by atoms with van der Waals surface area (Å²) in [6, 6.07) is 5.75. The zero-order chi connectivity index (χ0) is 22.0. The Morgan fingerprint density at radius 3 is 2.57 bits per heavy atom. The van der Waals surface area contributed by atoms with Crippen molar-refractivity contribution in [2.75, 3.05) is 12.4 Å². The molecule has 2 aliphatic rings. The average Bonchev–Trinajstić information content (AvgIpc) is 3.29. The van der Waals surface area contributed by atoms with Gasteiger partial charge in [0.05, 0.1) is 12.6 Å². The number of benzene rings is 1. The summed E-state index contributed by atoms with van der Waals surface area (Å²) in [7, 11) is 0. The lowest BCUT2D eigenvalue weighted by Gasteiger charge is -2.30. The summed E-state index contributed by atoms with van der Waals surface area (Å²) >= 11 is 1.57. The number of hydrogen-bond acceptors (Lipinski definition) is 5. The predicted molar refractivity (Wildman–Crippen MR) is 117 cm³/mol. The fourth-order valence-corrected chi connectivity index (χ4v) is 5.35. The van der Waals surface area contributed by atoms with E-state index in [9.17, 15) is 19.5 Å². The van der Waals surface area contributed by atoms with Gasteiger partial charge in [-0.25, -0.2) is 0 Å². The molecule has 164 valence electrons. The van der Waals surface area contributed by atoms with E-state index in [4.69, 9.17) is 0 Å². The second kappa shape index (κ2) is 9.39. The maximum atomic E-state index is 13.2. The first-order chi connectivity index (χ1) is 14.3. The van der Waals surface area contributed by atoms with E-state index < -0.39 is 12.1 Å².